The summed E-state index contributed by atoms with van der Waals surface area (Å²) in [5.74, 6) is 3.03. The maximum absolute atomic E-state index is 12.8. The number of benzene rings is 1. The van der Waals surface area contributed by atoms with Gasteiger partial charge in [0.25, 0.3) is 0 Å². The number of hydrogen-bond donors (Lipinski definition) is 1. The lowest BCUT2D eigenvalue weighted by Crippen LogP contribution is -2.35. The highest BCUT2D eigenvalue weighted by molar-refractivity contribution is 8.00. The lowest BCUT2D eigenvalue weighted by Gasteiger charge is -2.31. The van der Waals surface area contributed by atoms with Gasteiger partial charge in [0.15, 0.2) is 5.16 Å². The third kappa shape index (κ3) is 5.27. The van der Waals surface area contributed by atoms with Crippen molar-refractivity contribution in [3.8, 4) is 5.75 Å². The number of piperidine rings is 1. The van der Waals surface area contributed by atoms with Crippen LogP contribution in [-0.2, 0) is 11.3 Å². The van der Waals surface area contributed by atoms with Crippen molar-refractivity contribution in [2.75, 3.05) is 30.4 Å². The molecule has 0 aliphatic carbocycles. The van der Waals surface area contributed by atoms with Crippen LogP contribution in [0.2, 0.25) is 0 Å². The lowest BCUT2D eigenvalue weighted by atomic mass is 10.00. The monoisotopic (exact) mass is 455 g/mol. The molecule has 1 aliphatic heterocycles. The Morgan fingerprint density at radius 2 is 2.00 bits per heavy atom. The molecular formula is C23H29N5O3S. The molecule has 0 bridgehead atoms. The number of nitrogens with zero attached hydrogens (tertiary/aromatic N) is 4. The van der Waals surface area contributed by atoms with Gasteiger partial charge in [-0.05, 0) is 62.1 Å². The molecule has 1 N–H and O–H groups in total. The van der Waals surface area contributed by atoms with Gasteiger partial charge in [0.2, 0.25) is 11.9 Å². The molecule has 170 valence electrons. The van der Waals surface area contributed by atoms with Gasteiger partial charge in [0, 0.05) is 18.8 Å². The summed E-state index contributed by atoms with van der Waals surface area (Å²) in [4.78, 5) is 15.1. The van der Waals surface area contributed by atoms with Crippen molar-refractivity contribution >= 4 is 29.3 Å². The third-order valence-electron chi connectivity index (χ3n) is 5.67. The average Bonchev–Trinajstić information content (AvgIpc) is 3.46. The van der Waals surface area contributed by atoms with Crippen molar-refractivity contribution in [2.45, 2.75) is 43.6 Å². The molecule has 1 aliphatic rings. The predicted molar refractivity (Wildman–Crippen MR) is 125 cm³/mol. The third-order valence-corrected chi connectivity index (χ3v) is 6.75. The first kappa shape index (κ1) is 22.3. The first-order valence-corrected chi connectivity index (χ1v) is 11.7. The zero-order valence-electron chi connectivity index (χ0n) is 18.7. The number of carbonyl (C=O) groups excluding carboxylic acids is 1. The van der Waals surface area contributed by atoms with E-state index in [9.17, 15) is 4.79 Å². The Labute approximate surface area is 192 Å². The molecule has 3 heterocycles. The highest BCUT2D eigenvalue weighted by Gasteiger charge is 2.25. The molecule has 4 rings (SSSR count). The number of ether oxygens (including phenoxy) is 1. The van der Waals surface area contributed by atoms with Gasteiger partial charge in [0.1, 0.15) is 11.5 Å². The van der Waals surface area contributed by atoms with Gasteiger partial charge in [0.05, 0.1) is 25.2 Å². The molecule has 2 aromatic heterocycles. The fourth-order valence-electron chi connectivity index (χ4n) is 3.64. The van der Waals surface area contributed by atoms with Crippen LogP contribution in [0.4, 0.5) is 11.6 Å². The molecule has 8 nitrogen and oxygen atoms in total. The second kappa shape index (κ2) is 10.1. The van der Waals surface area contributed by atoms with Crippen LogP contribution in [0.1, 0.15) is 32.4 Å². The quantitative estimate of drug-likeness (QED) is 0.507. The highest BCUT2D eigenvalue weighted by Crippen LogP contribution is 2.29. The van der Waals surface area contributed by atoms with E-state index in [0.29, 0.717) is 11.7 Å². The van der Waals surface area contributed by atoms with E-state index in [1.54, 1.807) is 13.4 Å². The molecule has 1 unspecified atom stereocenters. The maximum Gasteiger partial charge on any atom is 0.237 e. The number of nitrogens with one attached hydrogen (secondary N) is 1. The zero-order valence-corrected chi connectivity index (χ0v) is 19.5. The van der Waals surface area contributed by atoms with E-state index in [1.165, 1.54) is 11.8 Å². The number of thioether (sulfide) groups is 1. The second-order valence-electron chi connectivity index (χ2n) is 8.10. The van der Waals surface area contributed by atoms with Crippen molar-refractivity contribution in [3.05, 3.63) is 48.4 Å². The largest absolute Gasteiger partial charge is 0.497 e. The van der Waals surface area contributed by atoms with Gasteiger partial charge in [-0.1, -0.05) is 18.7 Å². The number of rotatable bonds is 8. The fraction of sp³-hybridized carbons (Fsp3) is 0.435. The SMILES string of the molecule is COc1ccc(NC(=O)C(C)Sc2nnc(N3CCC(C)CC3)n2Cc2ccco2)cc1. The number of aromatic nitrogens is 3. The van der Waals surface area contributed by atoms with Gasteiger partial charge in [-0.15, -0.1) is 10.2 Å². The fourth-order valence-corrected chi connectivity index (χ4v) is 4.48. The lowest BCUT2D eigenvalue weighted by molar-refractivity contribution is -0.115. The Morgan fingerprint density at radius 3 is 2.66 bits per heavy atom. The van der Waals surface area contributed by atoms with Crippen LogP contribution in [0.15, 0.2) is 52.2 Å². The number of furan rings is 1. The number of carbonyl (C=O) groups is 1. The molecule has 1 fully saturated rings. The van der Waals surface area contributed by atoms with E-state index >= 15 is 0 Å². The summed E-state index contributed by atoms with van der Waals surface area (Å²) >= 11 is 1.40. The van der Waals surface area contributed by atoms with E-state index in [0.717, 1.165) is 55.0 Å². The van der Waals surface area contributed by atoms with Crippen LogP contribution in [0.5, 0.6) is 5.75 Å². The van der Waals surface area contributed by atoms with Crippen LogP contribution in [-0.4, -0.2) is 46.1 Å². The van der Waals surface area contributed by atoms with Gasteiger partial charge in [-0.2, -0.15) is 0 Å². The molecular weight excluding hydrogens is 426 g/mol. The summed E-state index contributed by atoms with van der Waals surface area (Å²) in [6.45, 7) is 6.59. The molecule has 1 aromatic carbocycles. The topological polar surface area (TPSA) is 85.4 Å². The van der Waals surface area contributed by atoms with Crippen LogP contribution in [0.3, 0.4) is 0 Å². The van der Waals surface area contributed by atoms with E-state index in [-0.39, 0.29) is 11.2 Å². The molecule has 1 amide bonds. The minimum Gasteiger partial charge on any atom is -0.497 e. The molecule has 0 radical (unpaired) electrons. The van der Waals surface area contributed by atoms with Gasteiger partial charge in [-0.25, -0.2) is 0 Å². The smallest absolute Gasteiger partial charge is 0.237 e. The van der Waals surface area contributed by atoms with Gasteiger partial charge >= 0.3 is 0 Å². The van der Waals surface area contributed by atoms with Crippen LogP contribution in [0.25, 0.3) is 0 Å². The molecule has 3 aromatic rings. The summed E-state index contributed by atoms with van der Waals surface area (Å²) in [7, 11) is 1.61. The maximum atomic E-state index is 12.8. The van der Waals surface area contributed by atoms with Crippen molar-refractivity contribution in [2.24, 2.45) is 5.92 Å². The summed E-state index contributed by atoms with van der Waals surface area (Å²) < 4.78 is 12.8. The summed E-state index contributed by atoms with van der Waals surface area (Å²) in [5.41, 5.74) is 0.725. The Morgan fingerprint density at radius 1 is 1.25 bits per heavy atom. The van der Waals surface area contributed by atoms with Crippen molar-refractivity contribution in [1.82, 2.24) is 14.8 Å². The minimum absolute atomic E-state index is 0.0962. The normalized spacial score (nSPS) is 15.5. The van der Waals surface area contributed by atoms with Crippen LogP contribution >= 0.6 is 11.8 Å². The Kier molecular flexibility index (Phi) is 7.04. The molecule has 0 saturated carbocycles. The number of methoxy groups -OCH3 is 1. The molecule has 1 saturated heterocycles. The number of anilines is 2. The second-order valence-corrected chi connectivity index (χ2v) is 9.40. The number of amides is 1. The van der Waals surface area contributed by atoms with Crippen molar-refractivity contribution in [1.29, 1.82) is 0 Å². The first-order chi connectivity index (χ1) is 15.5. The predicted octanol–water partition coefficient (Wildman–Crippen LogP) is 4.28. The number of hydrogen-bond acceptors (Lipinski definition) is 7. The van der Waals surface area contributed by atoms with Gasteiger partial charge < -0.3 is 19.4 Å². The van der Waals surface area contributed by atoms with Crippen LogP contribution < -0.4 is 15.0 Å². The molecule has 0 spiro atoms. The summed E-state index contributed by atoms with van der Waals surface area (Å²) in [6.07, 6.45) is 3.94. The standard InChI is InChI=1S/C23H29N5O3S/c1-16-10-12-27(13-11-16)22-25-26-23(28(22)15-20-5-4-14-31-20)32-17(2)21(29)24-18-6-8-19(30-3)9-7-18/h4-9,14,16-17H,10-13,15H2,1-3H3,(H,24,29). The Hall–Kier alpha value is -2.94. The van der Waals surface area contributed by atoms with E-state index < -0.39 is 0 Å². The Bertz CT molecular complexity index is 1010. The average molecular weight is 456 g/mol. The van der Waals surface area contributed by atoms with Gasteiger partial charge in [-0.3, -0.25) is 9.36 Å². The molecule has 32 heavy (non-hydrogen) atoms. The van der Waals surface area contributed by atoms with Crippen molar-refractivity contribution in [3.63, 3.8) is 0 Å². The van der Waals surface area contributed by atoms with E-state index in [1.807, 2.05) is 43.3 Å². The molecule has 1 atom stereocenters. The Balaban J connectivity index is 1.49. The van der Waals surface area contributed by atoms with Crippen LogP contribution in [0, 0.1) is 5.92 Å². The first-order valence-electron chi connectivity index (χ1n) is 10.9. The molecule has 9 heteroatoms. The van der Waals surface area contributed by atoms with Crippen molar-refractivity contribution < 1.29 is 13.9 Å². The summed E-state index contributed by atoms with van der Waals surface area (Å²) in [6, 6.07) is 11.1. The van der Waals surface area contributed by atoms with E-state index in [2.05, 4.69) is 31.9 Å². The van der Waals surface area contributed by atoms with E-state index in [4.69, 9.17) is 9.15 Å². The zero-order chi connectivity index (χ0) is 22.5. The summed E-state index contributed by atoms with van der Waals surface area (Å²) in [5, 5.41) is 12.2. The minimum atomic E-state index is -0.356. The highest BCUT2D eigenvalue weighted by atomic mass is 32.2.